The fourth-order valence-corrected chi connectivity index (χ4v) is 2.17. The molecule has 0 aliphatic carbocycles. The summed E-state index contributed by atoms with van der Waals surface area (Å²) in [5.41, 5.74) is 0. The molecule has 0 spiro atoms. The van der Waals surface area contributed by atoms with Gasteiger partial charge in [-0.25, -0.2) is 0 Å². The molecule has 1 N–H and O–H groups in total. The Kier molecular flexibility index (Phi) is 7.29. The van der Waals surface area contributed by atoms with Crippen LogP contribution in [0.15, 0.2) is 0 Å². The smallest absolute Gasteiger partial charge is 0.0590 e. The molecule has 0 bridgehead atoms. The quantitative estimate of drug-likeness (QED) is 0.670. The van der Waals surface area contributed by atoms with E-state index in [9.17, 15) is 0 Å². The molecular weight excluding hydrogens is 198 g/mol. The third-order valence-corrected chi connectivity index (χ3v) is 3.05. The summed E-state index contributed by atoms with van der Waals surface area (Å²) in [4.78, 5) is 0. The van der Waals surface area contributed by atoms with Crippen LogP contribution in [0, 0.1) is 11.8 Å². The Morgan fingerprint density at radius 2 is 2.38 bits per heavy atom. The fraction of sp³-hybridized carbons (Fsp3) is 0.857. The van der Waals surface area contributed by atoms with E-state index in [4.69, 9.17) is 4.74 Å². The molecule has 1 heterocycles. The molecule has 0 radical (unpaired) electrons. The van der Waals surface area contributed by atoms with Gasteiger partial charge in [0, 0.05) is 19.1 Å². The summed E-state index contributed by atoms with van der Waals surface area (Å²) in [6.07, 6.45) is 7.48. The molecule has 1 rings (SSSR count). The minimum absolute atomic E-state index is 0.490. The normalized spacial score (nSPS) is 21.5. The van der Waals surface area contributed by atoms with Crippen LogP contribution in [0.4, 0.5) is 0 Å². The second kappa shape index (κ2) is 8.61. The molecule has 0 saturated carbocycles. The van der Waals surface area contributed by atoms with E-state index in [0.29, 0.717) is 12.1 Å². The number of nitrogens with one attached hydrogen (secondary N) is 1. The Morgan fingerprint density at radius 3 is 3.00 bits per heavy atom. The second-order valence-corrected chi connectivity index (χ2v) is 4.49. The number of hydrogen-bond acceptors (Lipinski definition) is 2. The topological polar surface area (TPSA) is 21.3 Å². The SMILES string of the molecule is CC#CCCC(CC1CCCO1)NCCC. The van der Waals surface area contributed by atoms with Gasteiger partial charge in [-0.2, -0.15) is 0 Å². The van der Waals surface area contributed by atoms with Crippen molar-refractivity contribution in [3.8, 4) is 11.8 Å². The summed E-state index contributed by atoms with van der Waals surface area (Å²) in [5.74, 6) is 6.11. The molecule has 0 amide bonds. The highest BCUT2D eigenvalue weighted by Gasteiger charge is 2.19. The second-order valence-electron chi connectivity index (χ2n) is 4.49. The van der Waals surface area contributed by atoms with E-state index in [1.807, 2.05) is 6.92 Å². The van der Waals surface area contributed by atoms with Gasteiger partial charge in [0.05, 0.1) is 6.10 Å². The first-order valence-electron chi connectivity index (χ1n) is 6.61. The van der Waals surface area contributed by atoms with Gasteiger partial charge in [0.15, 0.2) is 0 Å². The summed E-state index contributed by atoms with van der Waals surface area (Å²) in [7, 11) is 0. The van der Waals surface area contributed by atoms with Crippen LogP contribution in [0.1, 0.15) is 52.4 Å². The molecular formula is C14H25NO. The van der Waals surface area contributed by atoms with Crippen molar-refractivity contribution < 1.29 is 4.74 Å². The summed E-state index contributed by atoms with van der Waals surface area (Å²) in [6.45, 7) is 6.19. The van der Waals surface area contributed by atoms with Gasteiger partial charge in [-0.05, 0) is 45.6 Å². The minimum Gasteiger partial charge on any atom is -0.378 e. The van der Waals surface area contributed by atoms with E-state index in [1.54, 1.807) is 0 Å². The first-order valence-corrected chi connectivity index (χ1v) is 6.61. The van der Waals surface area contributed by atoms with Gasteiger partial charge >= 0.3 is 0 Å². The van der Waals surface area contributed by atoms with Crippen LogP contribution in [0.5, 0.6) is 0 Å². The van der Waals surface area contributed by atoms with Gasteiger partial charge in [0.2, 0.25) is 0 Å². The van der Waals surface area contributed by atoms with E-state index < -0.39 is 0 Å². The maximum atomic E-state index is 5.69. The lowest BCUT2D eigenvalue weighted by Crippen LogP contribution is -2.33. The van der Waals surface area contributed by atoms with Gasteiger partial charge in [0.25, 0.3) is 0 Å². The highest BCUT2D eigenvalue weighted by Crippen LogP contribution is 2.18. The van der Waals surface area contributed by atoms with Crippen molar-refractivity contribution in [2.24, 2.45) is 0 Å². The van der Waals surface area contributed by atoms with Crippen LogP contribution in [0.2, 0.25) is 0 Å². The zero-order valence-electron chi connectivity index (χ0n) is 10.7. The highest BCUT2D eigenvalue weighted by molar-refractivity contribution is 4.95. The summed E-state index contributed by atoms with van der Waals surface area (Å²) in [5, 5.41) is 3.61. The van der Waals surface area contributed by atoms with Crippen LogP contribution in [-0.2, 0) is 4.74 Å². The molecule has 0 aromatic heterocycles. The molecule has 0 aromatic rings. The first kappa shape index (κ1) is 13.5. The molecule has 16 heavy (non-hydrogen) atoms. The molecule has 2 atom stereocenters. The molecule has 0 aromatic carbocycles. The Labute approximate surface area is 100 Å². The summed E-state index contributed by atoms with van der Waals surface area (Å²) in [6, 6.07) is 0.587. The molecule has 1 aliphatic heterocycles. The number of ether oxygens (including phenoxy) is 1. The predicted octanol–water partition coefficient (Wildman–Crippen LogP) is 2.73. The fourth-order valence-electron chi connectivity index (χ4n) is 2.17. The lowest BCUT2D eigenvalue weighted by Gasteiger charge is -2.20. The van der Waals surface area contributed by atoms with Crippen LogP contribution < -0.4 is 5.32 Å². The van der Waals surface area contributed by atoms with Gasteiger partial charge in [-0.1, -0.05) is 6.92 Å². The largest absolute Gasteiger partial charge is 0.378 e. The highest BCUT2D eigenvalue weighted by atomic mass is 16.5. The first-order chi connectivity index (χ1) is 7.86. The van der Waals surface area contributed by atoms with Crippen LogP contribution in [-0.4, -0.2) is 25.3 Å². The van der Waals surface area contributed by atoms with Crippen LogP contribution in [0.3, 0.4) is 0 Å². The van der Waals surface area contributed by atoms with Crippen LogP contribution >= 0.6 is 0 Å². The zero-order valence-corrected chi connectivity index (χ0v) is 10.7. The van der Waals surface area contributed by atoms with Crippen molar-refractivity contribution in [2.45, 2.75) is 64.5 Å². The third-order valence-electron chi connectivity index (χ3n) is 3.05. The van der Waals surface area contributed by atoms with Gasteiger partial charge < -0.3 is 10.1 Å². The van der Waals surface area contributed by atoms with Gasteiger partial charge in [-0.15, -0.1) is 11.8 Å². The monoisotopic (exact) mass is 223 g/mol. The van der Waals surface area contributed by atoms with Crippen molar-refractivity contribution in [2.75, 3.05) is 13.2 Å². The lowest BCUT2D eigenvalue weighted by atomic mass is 10.0. The average Bonchev–Trinajstić information content (AvgIpc) is 2.78. The van der Waals surface area contributed by atoms with E-state index in [0.717, 1.165) is 32.4 Å². The molecule has 2 unspecified atom stereocenters. The van der Waals surface area contributed by atoms with Gasteiger partial charge in [0.1, 0.15) is 0 Å². The van der Waals surface area contributed by atoms with E-state index in [1.165, 1.54) is 19.3 Å². The maximum Gasteiger partial charge on any atom is 0.0590 e. The van der Waals surface area contributed by atoms with Gasteiger partial charge in [-0.3, -0.25) is 0 Å². The molecule has 92 valence electrons. The van der Waals surface area contributed by atoms with Crippen molar-refractivity contribution in [3.05, 3.63) is 0 Å². The molecule has 2 heteroatoms. The summed E-state index contributed by atoms with van der Waals surface area (Å²) >= 11 is 0. The maximum absolute atomic E-state index is 5.69. The van der Waals surface area contributed by atoms with Crippen molar-refractivity contribution >= 4 is 0 Å². The third kappa shape index (κ3) is 5.53. The molecule has 1 saturated heterocycles. The van der Waals surface area contributed by atoms with Crippen molar-refractivity contribution in [3.63, 3.8) is 0 Å². The zero-order chi connectivity index (χ0) is 11.6. The van der Waals surface area contributed by atoms with Crippen molar-refractivity contribution in [1.82, 2.24) is 5.32 Å². The number of rotatable bonds is 7. The Bertz CT molecular complexity index is 223. The molecule has 1 fully saturated rings. The molecule has 1 aliphatic rings. The van der Waals surface area contributed by atoms with E-state index in [2.05, 4.69) is 24.1 Å². The van der Waals surface area contributed by atoms with E-state index in [-0.39, 0.29) is 0 Å². The van der Waals surface area contributed by atoms with Crippen LogP contribution in [0.25, 0.3) is 0 Å². The number of hydrogen-bond donors (Lipinski definition) is 1. The van der Waals surface area contributed by atoms with E-state index >= 15 is 0 Å². The lowest BCUT2D eigenvalue weighted by molar-refractivity contribution is 0.0938. The average molecular weight is 223 g/mol. The summed E-state index contributed by atoms with van der Waals surface area (Å²) < 4.78 is 5.69. The predicted molar refractivity (Wildman–Crippen MR) is 68.4 cm³/mol. The Balaban J connectivity index is 2.25. The Hall–Kier alpha value is -0.520. The molecule has 2 nitrogen and oxygen atoms in total. The minimum atomic E-state index is 0.490. The van der Waals surface area contributed by atoms with Crippen molar-refractivity contribution in [1.29, 1.82) is 0 Å². The Morgan fingerprint density at radius 1 is 1.50 bits per heavy atom. The standard InChI is InChI=1S/C14H25NO/c1-3-5-6-8-13(15-10-4-2)12-14-9-7-11-16-14/h13-15H,4,6-12H2,1-2H3.